The number of hydrogen-bond donors (Lipinski definition) is 2. The normalized spacial score (nSPS) is 14.1. The summed E-state index contributed by atoms with van der Waals surface area (Å²) in [6.07, 6.45) is 69.6. The molecule has 3 atom stereocenters. The van der Waals surface area contributed by atoms with Gasteiger partial charge in [-0.15, -0.1) is 0 Å². The highest BCUT2D eigenvalue weighted by molar-refractivity contribution is 7.45. The van der Waals surface area contributed by atoms with E-state index in [0.717, 1.165) is 44.9 Å². The van der Waals surface area contributed by atoms with E-state index in [1.54, 1.807) is 6.08 Å². The first-order valence-electron chi connectivity index (χ1n) is 30.9. The standard InChI is InChI=1S/C62H121N2O6P/c1-6-8-10-12-14-16-18-20-22-24-26-27-28-29-30-31-32-33-34-35-36-38-39-41-43-45-47-49-51-53-55-61(65)60(59-70-71(67,68)69-58-57-64(3,4)5)63-62(66)56-54-52-50-48-46-44-42-40-37-25-23-21-19-17-15-13-11-9-7-2/h38-39,45,47,53,55,60-61,65H,6-37,40-44,46,48-52,54,56-59H2,1-5H3,(H-,63,66,67,68)/b39-38+,47-45+,55-53+. The monoisotopic (exact) mass is 1020 g/mol. The van der Waals surface area contributed by atoms with E-state index < -0.39 is 26.6 Å². The molecule has 0 radical (unpaired) electrons. The predicted octanol–water partition coefficient (Wildman–Crippen LogP) is 18.3. The zero-order chi connectivity index (χ0) is 52.0. The first-order valence-corrected chi connectivity index (χ1v) is 32.3. The summed E-state index contributed by atoms with van der Waals surface area (Å²) in [5, 5.41) is 13.9. The van der Waals surface area contributed by atoms with Crippen LogP contribution in [0.25, 0.3) is 0 Å². The van der Waals surface area contributed by atoms with Gasteiger partial charge >= 0.3 is 0 Å². The molecule has 0 saturated carbocycles. The van der Waals surface area contributed by atoms with Gasteiger partial charge < -0.3 is 28.8 Å². The largest absolute Gasteiger partial charge is 0.756 e. The van der Waals surface area contributed by atoms with Crippen molar-refractivity contribution in [2.24, 2.45) is 0 Å². The van der Waals surface area contributed by atoms with E-state index in [0.29, 0.717) is 17.4 Å². The van der Waals surface area contributed by atoms with Gasteiger partial charge in [-0.05, 0) is 44.9 Å². The van der Waals surface area contributed by atoms with Crippen LogP contribution in [0.5, 0.6) is 0 Å². The number of amides is 1. The van der Waals surface area contributed by atoms with E-state index in [4.69, 9.17) is 9.05 Å². The number of hydrogen-bond acceptors (Lipinski definition) is 6. The Labute approximate surface area is 442 Å². The molecule has 420 valence electrons. The van der Waals surface area contributed by atoms with E-state index >= 15 is 0 Å². The lowest BCUT2D eigenvalue weighted by atomic mass is 10.0. The van der Waals surface area contributed by atoms with Crippen molar-refractivity contribution in [1.82, 2.24) is 5.32 Å². The van der Waals surface area contributed by atoms with Gasteiger partial charge in [0.05, 0.1) is 39.9 Å². The van der Waals surface area contributed by atoms with Gasteiger partial charge in [-0.3, -0.25) is 9.36 Å². The fourth-order valence-electron chi connectivity index (χ4n) is 9.25. The minimum absolute atomic E-state index is 0.00731. The molecule has 0 aromatic rings. The molecule has 0 aliphatic heterocycles. The summed E-state index contributed by atoms with van der Waals surface area (Å²) in [6, 6.07) is -0.908. The Hall–Kier alpha value is -1.28. The summed E-state index contributed by atoms with van der Waals surface area (Å²) in [7, 11) is 1.25. The van der Waals surface area contributed by atoms with Crippen molar-refractivity contribution < 1.29 is 32.9 Å². The molecule has 1 amide bonds. The molecule has 8 nitrogen and oxygen atoms in total. The van der Waals surface area contributed by atoms with Crippen LogP contribution in [0.3, 0.4) is 0 Å². The molecule has 0 spiro atoms. The fraction of sp³-hybridized carbons (Fsp3) is 0.887. The number of quaternary nitrogens is 1. The second-order valence-electron chi connectivity index (χ2n) is 22.4. The molecule has 0 aromatic heterocycles. The summed E-state index contributed by atoms with van der Waals surface area (Å²) >= 11 is 0. The van der Waals surface area contributed by atoms with Crippen molar-refractivity contribution in [2.45, 2.75) is 315 Å². The van der Waals surface area contributed by atoms with Crippen LogP contribution in [0, 0.1) is 0 Å². The molecule has 0 saturated heterocycles. The number of likely N-dealkylation sites (N-methyl/N-ethyl adjacent to an activating group) is 1. The number of carbonyl (C=O) groups excluding carboxylic acids is 1. The third-order valence-corrected chi connectivity index (χ3v) is 15.0. The molecule has 0 aromatic carbocycles. The number of nitrogens with one attached hydrogen (secondary N) is 1. The molecule has 0 bridgehead atoms. The number of aliphatic hydroxyl groups excluding tert-OH is 1. The van der Waals surface area contributed by atoms with Crippen LogP contribution in [0.2, 0.25) is 0 Å². The molecule has 71 heavy (non-hydrogen) atoms. The summed E-state index contributed by atoms with van der Waals surface area (Å²) in [4.78, 5) is 25.5. The van der Waals surface area contributed by atoms with E-state index in [1.165, 1.54) is 238 Å². The van der Waals surface area contributed by atoms with Gasteiger partial charge in [0.1, 0.15) is 13.2 Å². The number of unbranched alkanes of at least 4 members (excludes halogenated alkanes) is 40. The summed E-state index contributed by atoms with van der Waals surface area (Å²) in [6.45, 7) is 4.67. The van der Waals surface area contributed by atoms with Crippen molar-refractivity contribution >= 4 is 13.7 Å². The van der Waals surface area contributed by atoms with Crippen molar-refractivity contribution in [3.63, 3.8) is 0 Å². The first kappa shape index (κ1) is 69.7. The molecule has 0 aliphatic carbocycles. The van der Waals surface area contributed by atoms with Crippen LogP contribution in [-0.4, -0.2) is 68.5 Å². The molecular formula is C62H121N2O6P. The smallest absolute Gasteiger partial charge is 0.268 e. The number of phosphoric ester groups is 1. The van der Waals surface area contributed by atoms with Crippen LogP contribution in [0.4, 0.5) is 0 Å². The van der Waals surface area contributed by atoms with Gasteiger partial charge in [0.25, 0.3) is 7.82 Å². The van der Waals surface area contributed by atoms with Gasteiger partial charge in [0, 0.05) is 6.42 Å². The van der Waals surface area contributed by atoms with E-state index in [9.17, 15) is 19.4 Å². The molecule has 3 unspecified atom stereocenters. The number of nitrogens with zero attached hydrogens (tertiary/aromatic N) is 1. The van der Waals surface area contributed by atoms with Crippen LogP contribution >= 0.6 is 7.82 Å². The van der Waals surface area contributed by atoms with Gasteiger partial charge in [-0.1, -0.05) is 288 Å². The lowest BCUT2D eigenvalue weighted by Gasteiger charge is -2.29. The summed E-state index contributed by atoms with van der Waals surface area (Å²) < 4.78 is 23.4. The lowest BCUT2D eigenvalue weighted by molar-refractivity contribution is -0.870. The second-order valence-corrected chi connectivity index (χ2v) is 23.8. The fourth-order valence-corrected chi connectivity index (χ4v) is 9.97. The maximum absolute atomic E-state index is 13.0. The lowest BCUT2D eigenvalue weighted by Crippen LogP contribution is -2.45. The molecule has 0 fully saturated rings. The Balaban J connectivity index is 4.19. The Kier molecular flexibility index (Phi) is 52.6. The summed E-state index contributed by atoms with van der Waals surface area (Å²) in [5.74, 6) is -0.206. The van der Waals surface area contributed by atoms with Gasteiger partial charge in [0.15, 0.2) is 0 Å². The third kappa shape index (κ3) is 56.3. The van der Waals surface area contributed by atoms with Crippen LogP contribution in [-0.2, 0) is 18.4 Å². The quantitative estimate of drug-likeness (QED) is 0.0272. The first-order chi connectivity index (χ1) is 34.5. The average molecular weight is 1020 g/mol. The Morgan fingerprint density at radius 1 is 0.479 bits per heavy atom. The molecule has 2 N–H and O–H groups in total. The number of phosphoric acid groups is 1. The highest BCUT2D eigenvalue weighted by Crippen LogP contribution is 2.38. The number of allylic oxidation sites excluding steroid dienone is 5. The average Bonchev–Trinajstić information content (AvgIpc) is 3.33. The van der Waals surface area contributed by atoms with Crippen molar-refractivity contribution in [3.8, 4) is 0 Å². The number of rotatable bonds is 57. The Bertz CT molecular complexity index is 1250. The van der Waals surface area contributed by atoms with Gasteiger partial charge in [-0.2, -0.15) is 0 Å². The molecule has 9 heteroatoms. The van der Waals surface area contributed by atoms with Crippen molar-refractivity contribution in [3.05, 3.63) is 36.5 Å². The van der Waals surface area contributed by atoms with E-state index in [1.807, 2.05) is 27.2 Å². The molecular weight excluding hydrogens is 900 g/mol. The second kappa shape index (κ2) is 53.5. The maximum Gasteiger partial charge on any atom is 0.268 e. The van der Waals surface area contributed by atoms with E-state index in [-0.39, 0.29) is 12.5 Å². The maximum atomic E-state index is 13.0. The minimum Gasteiger partial charge on any atom is -0.756 e. The van der Waals surface area contributed by atoms with Crippen molar-refractivity contribution in [2.75, 3.05) is 40.9 Å². The minimum atomic E-state index is -4.61. The molecule has 0 rings (SSSR count). The van der Waals surface area contributed by atoms with E-state index in [2.05, 4.69) is 43.5 Å². The Morgan fingerprint density at radius 2 is 0.789 bits per heavy atom. The van der Waals surface area contributed by atoms with Crippen LogP contribution in [0.15, 0.2) is 36.5 Å². The predicted molar refractivity (Wildman–Crippen MR) is 307 cm³/mol. The number of carbonyl (C=O) groups is 1. The highest BCUT2D eigenvalue weighted by atomic mass is 31.2. The topological polar surface area (TPSA) is 108 Å². The summed E-state index contributed by atoms with van der Waals surface area (Å²) in [5.41, 5.74) is 0. The highest BCUT2D eigenvalue weighted by Gasteiger charge is 2.23. The van der Waals surface area contributed by atoms with Crippen LogP contribution < -0.4 is 10.2 Å². The zero-order valence-electron chi connectivity index (χ0n) is 47.9. The zero-order valence-corrected chi connectivity index (χ0v) is 48.8. The van der Waals surface area contributed by atoms with Gasteiger partial charge in [-0.25, -0.2) is 0 Å². The van der Waals surface area contributed by atoms with Gasteiger partial charge in [0.2, 0.25) is 5.91 Å². The molecule has 0 aliphatic rings. The van der Waals surface area contributed by atoms with Crippen LogP contribution in [0.1, 0.15) is 303 Å². The Morgan fingerprint density at radius 3 is 1.14 bits per heavy atom. The molecule has 0 heterocycles. The number of aliphatic hydroxyl groups is 1. The SMILES string of the molecule is CCCCCCCCCCCCCCCCCCCCCC/C=C/CC/C=C/CC/C=C/C(O)C(COP(=O)([O-])OCC[N+](C)(C)C)NC(=O)CCCCCCCCCCCCCCCCCCCCC. The van der Waals surface area contributed by atoms with Crippen molar-refractivity contribution in [1.29, 1.82) is 0 Å². The third-order valence-electron chi connectivity index (χ3n) is 14.1.